The molecule has 0 saturated carbocycles. The number of halogens is 2. The minimum Gasteiger partial charge on any atom is -0.451 e. The summed E-state index contributed by atoms with van der Waals surface area (Å²) in [6.45, 7) is 2.94. The van der Waals surface area contributed by atoms with Gasteiger partial charge in [-0.15, -0.1) is 0 Å². The summed E-state index contributed by atoms with van der Waals surface area (Å²) in [5.41, 5.74) is 1.77. The van der Waals surface area contributed by atoms with Crippen LogP contribution >= 0.6 is 23.2 Å². The first-order valence-corrected chi connectivity index (χ1v) is 8.82. The Kier molecular flexibility index (Phi) is 7.21. The molecule has 2 rings (SSSR count). The molecule has 0 saturated heterocycles. The van der Waals surface area contributed by atoms with Gasteiger partial charge in [-0.2, -0.15) is 0 Å². The highest BCUT2D eigenvalue weighted by atomic mass is 35.5. The summed E-state index contributed by atoms with van der Waals surface area (Å²) in [7, 11) is 0. The van der Waals surface area contributed by atoms with Crippen LogP contribution in [0.1, 0.15) is 22.8 Å². The molecule has 0 bridgehead atoms. The van der Waals surface area contributed by atoms with E-state index in [2.05, 4.69) is 10.6 Å². The van der Waals surface area contributed by atoms with Crippen LogP contribution in [0.25, 0.3) is 0 Å². The van der Waals surface area contributed by atoms with Gasteiger partial charge in [-0.1, -0.05) is 35.3 Å². The van der Waals surface area contributed by atoms with Crippen LogP contribution in [0, 0.1) is 6.92 Å². The highest BCUT2D eigenvalue weighted by Gasteiger charge is 2.19. The molecule has 1 atom stereocenters. The summed E-state index contributed by atoms with van der Waals surface area (Å²) in [6, 6.07) is 11.6. The molecule has 0 heterocycles. The van der Waals surface area contributed by atoms with Crippen molar-refractivity contribution in [2.24, 2.45) is 0 Å². The summed E-state index contributed by atoms with van der Waals surface area (Å²) in [4.78, 5) is 36.0. The molecule has 0 aliphatic rings. The number of nitrogens with one attached hydrogen (secondary N) is 2. The number of ether oxygens (including phenoxy) is 1. The first-order valence-electron chi connectivity index (χ1n) is 8.06. The Morgan fingerprint density at radius 1 is 1.11 bits per heavy atom. The van der Waals surface area contributed by atoms with Crippen molar-refractivity contribution in [2.45, 2.75) is 20.0 Å². The van der Waals surface area contributed by atoms with Gasteiger partial charge in [0.05, 0.1) is 10.6 Å². The van der Waals surface area contributed by atoms with Crippen molar-refractivity contribution >= 4 is 46.7 Å². The number of carbonyl (C=O) groups is 3. The van der Waals surface area contributed by atoms with Gasteiger partial charge in [0.25, 0.3) is 11.8 Å². The third-order valence-corrected chi connectivity index (χ3v) is 4.08. The van der Waals surface area contributed by atoms with Gasteiger partial charge in [0.1, 0.15) is 6.54 Å². The second-order valence-electron chi connectivity index (χ2n) is 5.80. The molecule has 0 spiro atoms. The Bertz CT molecular complexity index is 871. The molecule has 2 aromatic carbocycles. The molecule has 0 aliphatic carbocycles. The van der Waals surface area contributed by atoms with E-state index in [1.807, 2.05) is 13.0 Å². The highest BCUT2D eigenvalue weighted by molar-refractivity contribution is 6.36. The SMILES string of the molecule is Cc1cccc(NC(=O)[C@H](C)OC(=O)CNC(=O)c2ccc(Cl)cc2Cl)c1. The summed E-state index contributed by atoms with van der Waals surface area (Å²) in [6.07, 6.45) is -1.02. The molecular weight excluding hydrogens is 391 g/mol. The maximum absolute atomic E-state index is 12.1. The third-order valence-electron chi connectivity index (χ3n) is 3.53. The van der Waals surface area contributed by atoms with E-state index in [1.54, 1.807) is 18.2 Å². The lowest BCUT2D eigenvalue weighted by atomic mass is 10.2. The molecule has 8 heteroatoms. The molecule has 2 aromatic rings. The van der Waals surface area contributed by atoms with Crippen molar-refractivity contribution in [1.82, 2.24) is 5.32 Å². The van der Waals surface area contributed by atoms with Crippen molar-refractivity contribution in [3.63, 3.8) is 0 Å². The summed E-state index contributed by atoms with van der Waals surface area (Å²) in [5.74, 6) is -1.77. The highest BCUT2D eigenvalue weighted by Crippen LogP contribution is 2.20. The molecule has 27 heavy (non-hydrogen) atoms. The normalized spacial score (nSPS) is 11.4. The van der Waals surface area contributed by atoms with Gasteiger partial charge in [-0.05, 0) is 49.7 Å². The van der Waals surface area contributed by atoms with E-state index >= 15 is 0 Å². The summed E-state index contributed by atoms with van der Waals surface area (Å²) in [5, 5.41) is 5.60. The molecular formula is C19H18Cl2N2O4. The maximum atomic E-state index is 12.1. The number of anilines is 1. The van der Waals surface area contributed by atoms with Crippen molar-refractivity contribution < 1.29 is 19.1 Å². The van der Waals surface area contributed by atoms with E-state index in [1.165, 1.54) is 25.1 Å². The molecule has 6 nitrogen and oxygen atoms in total. The Morgan fingerprint density at radius 3 is 2.52 bits per heavy atom. The summed E-state index contributed by atoms with van der Waals surface area (Å²) < 4.78 is 5.03. The molecule has 0 radical (unpaired) electrons. The predicted molar refractivity (Wildman–Crippen MR) is 104 cm³/mol. The number of aryl methyl sites for hydroxylation is 1. The molecule has 2 N–H and O–H groups in total. The third kappa shape index (κ3) is 6.27. The fourth-order valence-electron chi connectivity index (χ4n) is 2.18. The van der Waals surface area contributed by atoms with E-state index in [4.69, 9.17) is 27.9 Å². The van der Waals surface area contributed by atoms with Gasteiger partial charge < -0.3 is 15.4 Å². The standard InChI is InChI=1S/C19H18Cl2N2O4/c1-11-4-3-5-14(8-11)23-18(25)12(2)27-17(24)10-22-19(26)15-7-6-13(20)9-16(15)21/h3-9,12H,10H2,1-2H3,(H,22,26)(H,23,25)/t12-/m0/s1. The number of carbonyl (C=O) groups excluding carboxylic acids is 3. The van der Waals surface area contributed by atoms with Gasteiger partial charge in [0, 0.05) is 10.7 Å². The molecule has 0 aliphatic heterocycles. The Morgan fingerprint density at radius 2 is 1.85 bits per heavy atom. The second kappa shape index (κ2) is 9.39. The lowest BCUT2D eigenvalue weighted by Gasteiger charge is -2.14. The maximum Gasteiger partial charge on any atom is 0.326 e. The van der Waals surface area contributed by atoms with E-state index in [0.29, 0.717) is 10.7 Å². The molecule has 142 valence electrons. The first kappa shape index (κ1) is 20.7. The minimum absolute atomic E-state index is 0.166. The van der Waals surface area contributed by atoms with Gasteiger partial charge in [0.15, 0.2) is 6.10 Å². The molecule has 0 fully saturated rings. The van der Waals surface area contributed by atoms with Crippen LogP contribution in [0.2, 0.25) is 10.0 Å². The van der Waals surface area contributed by atoms with Crippen LogP contribution < -0.4 is 10.6 Å². The van der Waals surface area contributed by atoms with Crippen molar-refractivity contribution in [3.8, 4) is 0 Å². The zero-order valence-electron chi connectivity index (χ0n) is 14.7. The fourth-order valence-corrected chi connectivity index (χ4v) is 2.67. The monoisotopic (exact) mass is 408 g/mol. The van der Waals surface area contributed by atoms with Crippen LogP contribution in [-0.4, -0.2) is 30.4 Å². The lowest BCUT2D eigenvalue weighted by molar-refractivity contribution is -0.152. The van der Waals surface area contributed by atoms with Crippen LogP contribution in [0.5, 0.6) is 0 Å². The topological polar surface area (TPSA) is 84.5 Å². The lowest BCUT2D eigenvalue weighted by Crippen LogP contribution is -2.35. The van der Waals surface area contributed by atoms with Crippen LogP contribution in [0.15, 0.2) is 42.5 Å². The molecule has 0 aromatic heterocycles. The average Bonchev–Trinajstić information content (AvgIpc) is 2.59. The van der Waals surface area contributed by atoms with E-state index in [9.17, 15) is 14.4 Å². The van der Waals surface area contributed by atoms with E-state index < -0.39 is 30.4 Å². The first-order chi connectivity index (χ1) is 12.8. The Hall–Kier alpha value is -2.57. The second-order valence-corrected chi connectivity index (χ2v) is 6.64. The van der Waals surface area contributed by atoms with Crippen molar-refractivity contribution in [2.75, 3.05) is 11.9 Å². The number of rotatable bonds is 6. The van der Waals surface area contributed by atoms with Crippen LogP contribution in [-0.2, 0) is 14.3 Å². The predicted octanol–water partition coefficient (Wildman–Crippen LogP) is 3.60. The number of hydrogen-bond donors (Lipinski definition) is 2. The zero-order valence-corrected chi connectivity index (χ0v) is 16.2. The van der Waals surface area contributed by atoms with Gasteiger partial charge in [-0.25, -0.2) is 0 Å². The minimum atomic E-state index is -1.02. The zero-order chi connectivity index (χ0) is 20.0. The van der Waals surface area contributed by atoms with Gasteiger partial charge >= 0.3 is 5.97 Å². The van der Waals surface area contributed by atoms with E-state index in [0.717, 1.165) is 5.56 Å². The van der Waals surface area contributed by atoms with Gasteiger partial charge in [0.2, 0.25) is 0 Å². The quantitative estimate of drug-likeness (QED) is 0.714. The Labute approximate surface area is 166 Å². The average molecular weight is 409 g/mol. The fraction of sp³-hybridized carbons (Fsp3) is 0.211. The van der Waals surface area contributed by atoms with Crippen LogP contribution in [0.3, 0.4) is 0 Å². The molecule has 0 unspecified atom stereocenters. The number of hydrogen-bond acceptors (Lipinski definition) is 4. The van der Waals surface area contributed by atoms with Gasteiger partial charge in [-0.3, -0.25) is 14.4 Å². The van der Waals surface area contributed by atoms with E-state index in [-0.39, 0.29) is 10.6 Å². The summed E-state index contributed by atoms with van der Waals surface area (Å²) >= 11 is 11.7. The van der Waals surface area contributed by atoms with Crippen molar-refractivity contribution in [3.05, 3.63) is 63.6 Å². The van der Waals surface area contributed by atoms with Crippen molar-refractivity contribution in [1.29, 1.82) is 0 Å². The number of benzene rings is 2. The smallest absolute Gasteiger partial charge is 0.326 e. The van der Waals surface area contributed by atoms with Crippen LogP contribution in [0.4, 0.5) is 5.69 Å². The number of esters is 1. The molecule has 2 amide bonds. The largest absolute Gasteiger partial charge is 0.451 e. The number of amides is 2. The Balaban J connectivity index is 1.83.